The molecule has 1 N–H and O–H groups in total. The van der Waals surface area contributed by atoms with Crippen LogP contribution in [0.1, 0.15) is 25.6 Å². The summed E-state index contributed by atoms with van der Waals surface area (Å²) in [5.41, 5.74) is 0.946. The molecule has 0 aliphatic heterocycles. The molecule has 1 aromatic heterocycles. The Morgan fingerprint density at radius 2 is 1.88 bits per heavy atom. The summed E-state index contributed by atoms with van der Waals surface area (Å²) in [4.78, 5) is 24.3. The number of benzene rings is 2. The molecule has 1 unspecified atom stereocenters. The summed E-state index contributed by atoms with van der Waals surface area (Å²) in [6, 6.07) is 12.3. The van der Waals surface area contributed by atoms with Gasteiger partial charge in [-0.3, -0.25) is 9.59 Å². The number of carbonyl (C=O) groups is 1. The quantitative estimate of drug-likeness (QED) is 0.797. The zero-order chi connectivity index (χ0) is 17.3. The third kappa shape index (κ3) is 2.93. The largest absolute Gasteiger partial charge is 0.458 e. The summed E-state index contributed by atoms with van der Waals surface area (Å²) in [7, 11) is 0. The minimum atomic E-state index is -0.503. The highest BCUT2D eigenvalue weighted by Crippen LogP contribution is 2.29. The SMILES string of the molecule is CC(=O)NC(C)c1oc2ccc(F)cc2c(=O)c1-c1ccccc1. The molecule has 0 fully saturated rings. The Kier molecular flexibility index (Phi) is 4.16. The molecule has 3 aromatic rings. The first-order chi connectivity index (χ1) is 11.5. The van der Waals surface area contributed by atoms with E-state index in [0.29, 0.717) is 16.9 Å². The van der Waals surface area contributed by atoms with Gasteiger partial charge in [0.05, 0.1) is 17.0 Å². The lowest BCUT2D eigenvalue weighted by atomic mass is 9.99. The van der Waals surface area contributed by atoms with E-state index in [1.54, 1.807) is 31.2 Å². The number of fused-ring (bicyclic) bond motifs is 1. The van der Waals surface area contributed by atoms with Crippen LogP contribution in [0.3, 0.4) is 0 Å². The molecule has 0 aliphatic carbocycles. The molecular weight excluding hydrogens is 309 g/mol. The predicted molar refractivity (Wildman–Crippen MR) is 90.1 cm³/mol. The molecule has 0 spiro atoms. The fourth-order valence-corrected chi connectivity index (χ4v) is 2.74. The van der Waals surface area contributed by atoms with Crippen molar-refractivity contribution >= 4 is 16.9 Å². The summed E-state index contributed by atoms with van der Waals surface area (Å²) in [5, 5.41) is 2.90. The summed E-state index contributed by atoms with van der Waals surface area (Å²) in [6.45, 7) is 3.13. The minimum absolute atomic E-state index is 0.174. The molecule has 3 rings (SSSR count). The van der Waals surface area contributed by atoms with Crippen LogP contribution in [0.2, 0.25) is 0 Å². The van der Waals surface area contributed by atoms with Gasteiger partial charge < -0.3 is 9.73 Å². The second-order valence-corrected chi connectivity index (χ2v) is 5.60. The Labute approximate surface area is 137 Å². The standard InChI is InChI=1S/C19H16FNO3/c1-11(21-12(2)22)19-17(13-6-4-3-5-7-13)18(23)15-10-14(20)8-9-16(15)24-19/h3-11H,1-2H3,(H,21,22). The minimum Gasteiger partial charge on any atom is -0.458 e. The first-order valence-corrected chi connectivity index (χ1v) is 7.56. The monoisotopic (exact) mass is 325 g/mol. The van der Waals surface area contributed by atoms with Gasteiger partial charge in [-0.05, 0) is 30.7 Å². The fourth-order valence-electron chi connectivity index (χ4n) is 2.74. The van der Waals surface area contributed by atoms with Gasteiger partial charge in [-0.25, -0.2) is 4.39 Å². The Morgan fingerprint density at radius 3 is 2.54 bits per heavy atom. The molecule has 122 valence electrons. The zero-order valence-electron chi connectivity index (χ0n) is 13.3. The van der Waals surface area contributed by atoms with E-state index in [-0.39, 0.29) is 22.3 Å². The highest BCUT2D eigenvalue weighted by atomic mass is 19.1. The van der Waals surface area contributed by atoms with Gasteiger partial charge in [0, 0.05) is 6.92 Å². The van der Waals surface area contributed by atoms with E-state index < -0.39 is 11.9 Å². The molecule has 0 radical (unpaired) electrons. The van der Waals surface area contributed by atoms with Crippen LogP contribution in [0.4, 0.5) is 4.39 Å². The molecule has 2 aromatic carbocycles. The van der Waals surface area contributed by atoms with Crippen LogP contribution < -0.4 is 10.7 Å². The van der Waals surface area contributed by atoms with Crippen LogP contribution in [0.5, 0.6) is 0 Å². The molecule has 0 saturated heterocycles. The van der Waals surface area contributed by atoms with Gasteiger partial charge in [-0.1, -0.05) is 30.3 Å². The lowest BCUT2D eigenvalue weighted by Gasteiger charge is -2.16. The molecule has 0 saturated carbocycles. The van der Waals surface area contributed by atoms with Gasteiger partial charge in [0.2, 0.25) is 11.3 Å². The zero-order valence-corrected chi connectivity index (χ0v) is 13.3. The van der Waals surface area contributed by atoms with Crippen molar-refractivity contribution in [3.63, 3.8) is 0 Å². The van der Waals surface area contributed by atoms with Crippen LogP contribution in [-0.2, 0) is 4.79 Å². The lowest BCUT2D eigenvalue weighted by Crippen LogP contribution is -2.25. The van der Waals surface area contributed by atoms with Crippen molar-refractivity contribution in [2.45, 2.75) is 19.9 Å². The van der Waals surface area contributed by atoms with Crippen LogP contribution >= 0.6 is 0 Å². The van der Waals surface area contributed by atoms with E-state index in [0.717, 1.165) is 0 Å². The second-order valence-electron chi connectivity index (χ2n) is 5.60. The van der Waals surface area contributed by atoms with Crippen molar-refractivity contribution in [1.82, 2.24) is 5.32 Å². The number of amides is 1. The van der Waals surface area contributed by atoms with E-state index in [1.165, 1.54) is 25.1 Å². The van der Waals surface area contributed by atoms with Crippen molar-refractivity contribution in [2.24, 2.45) is 0 Å². The maximum absolute atomic E-state index is 13.5. The predicted octanol–water partition coefficient (Wildman–Crippen LogP) is 3.80. The number of nitrogens with one attached hydrogen (secondary N) is 1. The van der Waals surface area contributed by atoms with E-state index in [4.69, 9.17) is 4.42 Å². The summed E-state index contributed by atoms with van der Waals surface area (Å²) < 4.78 is 19.4. The molecule has 24 heavy (non-hydrogen) atoms. The highest BCUT2D eigenvalue weighted by Gasteiger charge is 2.21. The average molecular weight is 325 g/mol. The van der Waals surface area contributed by atoms with Gasteiger partial charge in [0.15, 0.2) is 0 Å². The maximum Gasteiger partial charge on any atom is 0.217 e. The van der Waals surface area contributed by atoms with Crippen LogP contribution in [-0.4, -0.2) is 5.91 Å². The normalized spacial score (nSPS) is 12.1. The third-order valence-electron chi connectivity index (χ3n) is 3.76. The van der Waals surface area contributed by atoms with Crippen molar-refractivity contribution in [1.29, 1.82) is 0 Å². The Morgan fingerprint density at radius 1 is 1.17 bits per heavy atom. The van der Waals surface area contributed by atoms with Crippen LogP contribution in [0.25, 0.3) is 22.1 Å². The molecular formula is C19H16FNO3. The number of carbonyl (C=O) groups excluding carboxylic acids is 1. The van der Waals surface area contributed by atoms with Crippen molar-refractivity contribution < 1.29 is 13.6 Å². The van der Waals surface area contributed by atoms with Gasteiger partial charge in [-0.2, -0.15) is 0 Å². The van der Waals surface area contributed by atoms with Gasteiger partial charge >= 0.3 is 0 Å². The van der Waals surface area contributed by atoms with Crippen LogP contribution in [0, 0.1) is 5.82 Å². The molecule has 5 heteroatoms. The number of halogens is 1. The smallest absolute Gasteiger partial charge is 0.217 e. The Balaban J connectivity index is 2.34. The van der Waals surface area contributed by atoms with Crippen molar-refractivity contribution in [3.8, 4) is 11.1 Å². The summed E-state index contributed by atoms with van der Waals surface area (Å²) >= 11 is 0. The second kappa shape index (κ2) is 6.28. The number of rotatable bonds is 3. The third-order valence-corrected chi connectivity index (χ3v) is 3.76. The van der Waals surface area contributed by atoms with Gasteiger partial charge in [-0.15, -0.1) is 0 Å². The van der Waals surface area contributed by atoms with Crippen molar-refractivity contribution in [3.05, 3.63) is 70.3 Å². The topological polar surface area (TPSA) is 59.3 Å². The van der Waals surface area contributed by atoms with E-state index in [2.05, 4.69) is 5.32 Å². The first kappa shape index (κ1) is 15.9. The van der Waals surface area contributed by atoms with Gasteiger partial charge in [0.1, 0.15) is 17.2 Å². The summed E-state index contributed by atoms with van der Waals surface area (Å²) in [5.74, 6) is -0.389. The first-order valence-electron chi connectivity index (χ1n) is 7.56. The van der Waals surface area contributed by atoms with Crippen LogP contribution in [0.15, 0.2) is 57.7 Å². The van der Waals surface area contributed by atoms with E-state index in [1.807, 2.05) is 6.07 Å². The Bertz CT molecular complexity index is 964. The van der Waals surface area contributed by atoms with Gasteiger partial charge in [0.25, 0.3) is 0 Å². The molecule has 1 amide bonds. The number of hydrogen-bond donors (Lipinski definition) is 1. The van der Waals surface area contributed by atoms with E-state index >= 15 is 0 Å². The van der Waals surface area contributed by atoms with Crippen molar-refractivity contribution in [2.75, 3.05) is 0 Å². The molecule has 4 nitrogen and oxygen atoms in total. The molecule has 0 bridgehead atoms. The van der Waals surface area contributed by atoms with E-state index in [9.17, 15) is 14.0 Å². The lowest BCUT2D eigenvalue weighted by molar-refractivity contribution is -0.119. The maximum atomic E-state index is 13.5. The highest BCUT2D eigenvalue weighted by molar-refractivity contribution is 5.83. The fraction of sp³-hybridized carbons (Fsp3) is 0.158. The molecule has 1 atom stereocenters. The molecule has 0 aliphatic rings. The molecule has 1 heterocycles. The summed E-state index contributed by atoms with van der Waals surface area (Å²) in [6.07, 6.45) is 0. The Hall–Kier alpha value is -2.95. The number of hydrogen-bond acceptors (Lipinski definition) is 3. The average Bonchev–Trinajstić information content (AvgIpc) is 2.55.